The number of aliphatic hydroxyl groups excluding tert-OH is 3. The fourth-order valence-corrected chi connectivity index (χ4v) is 11.3. The lowest BCUT2D eigenvalue weighted by atomic mass is 9.32. The van der Waals surface area contributed by atoms with Gasteiger partial charge < -0.3 is 20.1 Å². The van der Waals surface area contributed by atoms with Gasteiger partial charge in [0, 0.05) is 16.7 Å². The molecule has 5 aliphatic carbocycles. The number of rotatable bonds is 1. The maximum Gasteiger partial charge on any atom is 0.313 e. The largest absolute Gasteiger partial charge is 0.453 e. The van der Waals surface area contributed by atoms with Crippen molar-refractivity contribution in [3.8, 4) is 0 Å². The molecule has 5 nitrogen and oxygen atoms in total. The summed E-state index contributed by atoms with van der Waals surface area (Å²) >= 11 is 0. The molecule has 6 rings (SSSR count). The molecule has 1 aliphatic heterocycles. The van der Waals surface area contributed by atoms with Crippen molar-refractivity contribution in [2.75, 3.05) is 6.61 Å². The van der Waals surface area contributed by atoms with Crippen LogP contribution in [0.5, 0.6) is 0 Å². The summed E-state index contributed by atoms with van der Waals surface area (Å²) in [5.41, 5.74) is -1.18. The van der Waals surface area contributed by atoms with Gasteiger partial charge in [-0.1, -0.05) is 52.8 Å². The molecule has 4 saturated carbocycles. The van der Waals surface area contributed by atoms with E-state index in [4.69, 9.17) is 4.74 Å². The molecule has 2 bridgehead atoms. The van der Waals surface area contributed by atoms with Crippen molar-refractivity contribution >= 4 is 5.97 Å². The molecule has 0 aromatic carbocycles. The Morgan fingerprint density at radius 1 is 1.11 bits per heavy atom. The maximum atomic E-state index is 13.6. The molecule has 3 N–H and O–H groups in total. The van der Waals surface area contributed by atoms with E-state index in [0.717, 1.165) is 38.5 Å². The predicted octanol–water partition coefficient (Wildman–Crippen LogP) is 4.40. The number of ether oxygens (including phenoxy) is 1. The van der Waals surface area contributed by atoms with E-state index in [1.54, 1.807) is 0 Å². The minimum Gasteiger partial charge on any atom is -0.453 e. The Hall–Kier alpha value is -1.17. The van der Waals surface area contributed by atoms with Crippen molar-refractivity contribution in [1.29, 1.82) is 0 Å². The topological polar surface area (TPSA) is 87.0 Å². The molecule has 5 heteroatoms. The number of esters is 1. The number of hydrogen-bond acceptors (Lipinski definition) is 5. The van der Waals surface area contributed by atoms with Gasteiger partial charge in [-0.05, 0) is 79.6 Å². The smallest absolute Gasteiger partial charge is 0.313 e. The van der Waals surface area contributed by atoms with E-state index in [9.17, 15) is 20.1 Å². The van der Waals surface area contributed by atoms with E-state index in [2.05, 4.69) is 46.4 Å². The number of carbonyl (C=O) groups excluding carboxylic acids is 1. The SMILES string of the molecule is C=C1CC[C@@]23CC[C@]4(C)[C@@](C=C[C@@H]5[C@@]6(C)C[C@@H](O)[C@@H](O)[C@](C)(CO)[C@@H]6CC[C@]54C)(OC2=O)[C@@H]3[C@H]1C. The Morgan fingerprint density at radius 3 is 2.51 bits per heavy atom. The lowest BCUT2D eigenvalue weighted by Crippen LogP contribution is -2.72. The summed E-state index contributed by atoms with van der Waals surface area (Å²) in [5, 5.41) is 32.4. The van der Waals surface area contributed by atoms with Crippen LogP contribution < -0.4 is 0 Å². The molecule has 0 aromatic rings. The molecule has 1 spiro atoms. The standard InChI is InChI=1S/C30H44O5/c1-17-7-11-29-14-13-28(6)27(5)10-8-20-25(3,15-19(32)23(33)26(20,4)16-31)21(27)9-12-30(28,35-24(29)34)22(29)18(17)2/h9,12,18-23,31-33H,1,7-8,10-11,13-16H2,2-6H3/t18-,19+,20+,21+,22+,23+,25-,26+,27+,28-,29-,30-/m0/s1. The molecule has 0 unspecified atom stereocenters. The van der Waals surface area contributed by atoms with Gasteiger partial charge in [0.2, 0.25) is 0 Å². The molecular formula is C30H44O5. The Bertz CT molecular complexity index is 1020. The summed E-state index contributed by atoms with van der Waals surface area (Å²) in [4.78, 5) is 13.6. The van der Waals surface area contributed by atoms with Gasteiger partial charge in [-0.15, -0.1) is 0 Å². The van der Waals surface area contributed by atoms with Crippen LogP contribution in [0.3, 0.4) is 0 Å². The molecule has 6 aliphatic rings. The zero-order chi connectivity index (χ0) is 25.4. The lowest BCUT2D eigenvalue weighted by molar-refractivity contribution is -0.262. The van der Waals surface area contributed by atoms with Crippen molar-refractivity contribution in [2.24, 2.45) is 50.7 Å². The van der Waals surface area contributed by atoms with E-state index in [-0.39, 0.29) is 52.5 Å². The maximum absolute atomic E-state index is 13.6. The van der Waals surface area contributed by atoms with Crippen LogP contribution in [0.15, 0.2) is 24.3 Å². The Labute approximate surface area is 210 Å². The van der Waals surface area contributed by atoms with E-state index < -0.39 is 28.6 Å². The van der Waals surface area contributed by atoms with Gasteiger partial charge in [-0.2, -0.15) is 0 Å². The average molecular weight is 485 g/mol. The molecule has 0 radical (unpaired) electrons. The quantitative estimate of drug-likeness (QED) is 0.379. The lowest BCUT2D eigenvalue weighted by Gasteiger charge is -2.72. The summed E-state index contributed by atoms with van der Waals surface area (Å²) in [6.07, 6.45) is 8.74. The first-order valence-electron chi connectivity index (χ1n) is 13.8. The van der Waals surface area contributed by atoms with Crippen LogP contribution in [0.25, 0.3) is 0 Å². The number of aliphatic hydroxyl groups is 3. The molecule has 5 fully saturated rings. The summed E-state index contributed by atoms with van der Waals surface area (Å²) in [6, 6.07) is 0. The zero-order valence-electron chi connectivity index (χ0n) is 22.1. The zero-order valence-corrected chi connectivity index (χ0v) is 22.1. The Balaban J connectivity index is 1.52. The minimum absolute atomic E-state index is 0.00115. The highest BCUT2D eigenvalue weighted by Crippen LogP contribution is 2.79. The molecule has 12 atom stereocenters. The van der Waals surface area contributed by atoms with Crippen LogP contribution in [0, 0.1) is 50.7 Å². The first-order valence-corrected chi connectivity index (χ1v) is 13.8. The first-order chi connectivity index (χ1) is 16.3. The van der Waals surface area contributed by atoms with Crippen LogP contribution in [0.2, 0.25) is 0 Å². The second-order valence-electron chi connectivity index (χ2n) is 14.3. The third kappa shape index (κ3) is 2.37. The second-order valence-corrected chi connectivity index (χ2v) is 14.3. The normalized spacial score (nSPS) is 60.8. The monoisotopic (exact) mass is 484 g/mol. The highest BCUT2D eigenvalue weighted by molar-refractivity contribution is 5.82. The van der Waals surface area contributed by atoms with Gasteiger partial charge in [0.05, 0.1) is 24.2 Å². The molecule has 1 saturated heterocycles. The first kappa shape index (κ1) is 24.2. The molecule has 35 heavy (non-hydrogen) atoms. The summed E-state index contributed by atoms with van der Waals surface area (Å²) < 4.78 is 6.62. The number of hydrogen-bond donors (Lipinski definition) is 3. The van der Waals surface area contributed by atoms with Crippen molar-refractivity contribution in [2.45, 2.75) is 97.4 Å². The molecule has 0 amide bonds. The summed E-state index contributed by atoms with van der Waals surface area (Å²) in [6.45, 7) is 15.5. The number of carbonyl (C=O) groups is 1. The molecule has 194 valence electrons. The van der Waals surface area contributed by atoms with E-state index in [1.807, 2.05) is 6.92 Å². The molecule has 0 aromatic heterocycles. The number of allylic oxidation sites excluding steroid dienone is 2. The van der Waals surface area contributed by atoms with Crippen LogP contribution >= 0.6 is 0 Å². The summed E-state index contributed by atoms with van der Waals surface area (Å²) in [5.74, 6) is 0.605. The Kier molecular flexibility index (Phi) is 4.71. The van der Waals surface area contributed by atoms with Crippen LogP contribution in [-0.2, 0) is 9.53 Å². The second kappa shape index (κ2) is 6.82. The predicted molar refractivity (Wildman–Crippen MR) is 133 cm³/mol. The van der Waals surface area contributed by atoms with Gasteiger partial charge in [0.25, 0.3) is 0 Å². The van der Waals surface area contributed by atoms with Crippen molar-refractivity contribution in [1.82, 2.24) is 0 Å². The molecular weight excluding hydrogens is 440 g/mol. The van der Waals surface area contributed by atoms with Gasteiger partial charge in [-0.25, -0.2) is 0 Å². The highest BCUT2D eigenvalue weighted by atomic mass is 16.6. The van der Waals surface area contributed by atoms with Gasteiger partial charge in [-0.3, -0.25) is 4.79 Å². The van der Waals surface area contributed by atoms with Crippen molar-refractivity contribution in [3.05, 3.63) is 24.3 Å². The van der Waals surface area contributed by atoms with E-state index >= 15 is 0 Å². The van der Waals surface area contributed by atoms with Gasteiger partial charge in [0.15, 0.2) is 0 Å². The van der Waals surface area contributed by atoms with Crippen molar-refractivity contribution in [3.63, 3.8) is 0 Å². The van der Waals surface area contributed by atoms with Gasteiger partial charge in [0.1, 0.15) is 5.60 Å². The summed E-state index contributed by atoms with van der Waals surface area (Å²) in [7, 11) is 0. The van der Waals surface area contributed by atoms with Crippen LogP contribution in [0.4, 0.5) is 0 Å². The van der Waals surface area contributed by atoms with E-state index in [1.165, 1.54) is 5.57 Å². The van der Waals surface area contributed by atoms with Crippen LogP contribution in [0.1, 0.15) is 79.6 Å². The average Bonchev–Trinajstić information content (AvgIpc) is 3.01. The molecule has 1 heterocycles. The van der Waals surface area contributed by atoms with Gasteiger partial charge >= 0.3 is 5.97 Å². The van der Waals surface area contributed by atoms with Crippen molar-refractivity contribution < 1.29 is 24.9 Å². The van der Waals surface area contributed by atoms with E-state index in [0.29, 0.717) is 6.42 Å². The highest BCUT2D eigenvalue weighted by Gasteiger charge is 2.80. The third-order valence-electron chi connectivity index (χ3n) is 13.5. The number of fused-ring (bicyclic) bond motifs is 4. The van der Waals surface area contributed by atoms with Crippen LogP contribution in [-0.4, -0.2) is 45.7 Å². The fraction of sp³-hybridized carbons (Fsp3) is 0.833. The minimum atomic E-state index is -0.926. The fourth-order valence-electron chi connectivity index (χ4n) is 11.3. The third-order valence-corrected chi connectivity index (χ3v) is 13.5. The Morgan fingerprint density at radius 2 is 1.83 bits per heavy atom.